The zero-order valence-electron chi connectivity index (χ0n) is 11.1. The number of non-ortho nitro benzene ring substituents is 1. The van der Waals surface area contributed by atoms with Gasteiger partial charge in [0.15, 0.2) is 0 Å². The molecule has 0 spiro atoms. The van der Waals surface area contributed by atoms with Crippen molar-refractivity contribution in [3.8, 4) is 0 Å². The van der Waals surface area contributed by atoms with Gasteiger partial charge in [-0.15, -0.1) is 0 Å². The van der Waals surface area contributed by atoms with Crippen LogP contribution in [0.3, 0.4) is 0 Å². The number of hydrogen-bond acceptors (Lipinski definition) is 3. The summed E-state index contributed by atoms with van der Waals surface area (Å²) >= 11 is 6.02. The van der Waals surface area contributed by atoms with Crippen molar-refractivity contribution in [2.75, 3.05) is 0 Å². The van der Waals surface area contributed by atoms with Gasteiger partial charge in [0.25, 0.3) is 5.69 Å². The Kier molecular flexibility index (Phi) is 4.15. The van der Waals surface area contributed by atoms with Crippen LogP contribution >= 0.6 is 11.6 Å². The predicted molar refractivity (Wildman–Crippen MR) is 81.3 cm³/mol. The van der Waals surface area contributed by atoms with E-state index in [-0.39, 0.29) is 5.69 Å². The Hall–Kier alpha value is -2.20. The van der Waals surface area contributed by atoms with Crippen LogP contribution in [0.15, 0.2) is 41.4 Å². The van der Waals surface area contributed by atoms with Crippen LogP contribution in [0.5, 0.6) is 0 Å². The molecule has 20 heavy (non-hydrogen) atoms. The van der Waals surface area contributed by atoms with Gasteiger partial charge in [-0.25, -0.2) is 0 Å². The van der Waals surface area contributed by atoms with Crippen LogP contribution in [-0.2, 0) is 0 Å². The number of aliphatic imine (C=N–C) groups is 1. The molecule has 0 radical (unpaired) electrons. The summed E-state index contributed by atoms with van der Waals surface area (Å²) in [6, 6.07) is 10.2. The lowest BCUT2D eigenvalue weighted by atomic mass is 10.1. The number of benzene rings is 2. The molecule has 0 aliphatic rings. The maximum Gasteiger partial charge on any atom is 0.270 e. The second kappa shape index (κ2) is 5.84. The second-order valence-electron chi connectivity index (χ2n) is 4.51. The topological polar surface area (TPSA) is 55.5 Å². The highest BCUT2D eigenvalue weighted by molar-refractivity contribution is 6.33. The Morgan fingerprint density at radius 2 is 1.95 bits per heavy atom. The van der Waals surface area contributed by atoms with Gasteiger partial charge in [-0.1, -0.05) is 23.7 Å². The predicted octanol–water partition coefficient (Wildman–Crippen LogP) is 4.62. The van der Waals surface area contributed by atoms with Crippen molar-refractivity contribution in [3.05, 3.63) is 68.2 Å². The van der Waals surface area contributed by atoms with Gasteiger partial charge in [-0.3, -0.25) is 15.1 Å². The van der Waals surface area contributed by atoms with Crippen molar-refractivity contribution in [3.63, 3.8) is 0 Å². The monoisotopic (exact) mass is 288 g/mol. The summed E-state index contributed by atoms with van der Waals surface area (Å²) in [5, 5.41) is 11.2. The van der Waals surface area contributed by atoms with E-state index in [1.54, 1.807) is 6.21 Å². The Balaban J connectivity index is 2.38. The van der Waals surface area contributed by atoms with Crippen molar-refractivity contribution in [2.45, 2.75) is 13.8 Å². The van der Waals surface area contributed by atoms with Crippen molar-refractivity contribution < 1.29 is 4.92 Å². The Bertz CT molecular complexity index is 696. The van der Waals surface area contributed by atoms with Crippen LogP contribution in [0.4, 0.5) is 11.4 Å². The minimum absolute atomic E-state index is 0.00295. The summed E-state index contributed by atoms with van der Waals surface area (Å²) in [4.78, 5) is 14.7. The van der Waals surface area contributed by atoms with Gasteiger partial charge in [-0.2, -0.15) is 0 Å². The molecule has 0 amide bonds. The first-order valence-electron chi connectivity index (χ1n) is 6.02. The molecule has 0 bridgehead atoms. The summed E-state index contributed by atoms with van der Waals surface area (Å²) < 4.78 is 0. The molecule has 0 fully saturated rings. The summed E-state index contributed by atoms with van der Waals surface area (Å²) in [7, 11) is 0. The number of aryl methyl sites for hydroxylation is 2. The normalized spacial score (nSPS) is 10.9. The van der Waals surface area contributed by atoms with Gasteiger partial charge in [0, 0.05) is 28.9 Å². The van der Waals surface area contributed by atoms with Crippen LogP contribution in [0.25, 0.3) is 0 Å². The van der Waals surface area contributed by atoms with E-state index in [2.05, 4.69) is 4.99 Å². The number of nitro benzene ring substituents is 1. The maximum atomic E-state index is 10.8. The number of hydrogen-bond donors (Lipinski definition) is 0. The van der Waals surface area contributed by atoms with E-state index < -0.39 is 4.92 Å². The van der Waals surface area contributed by atoms with Crippen LogP contribution in [-0.4, -0.2) is 11.1 Å². The molecule has 2 aromatic rings. The van der Waals surface area contributed by atoms with E-state index in [0.717, 1.165) is 16.8 Å². The Labute approximate surface area is 121 Å². The highest BCUT2D eigenvalue weighted by atomic mass is 35.5. The van der Waals surface area contributed by atoms with Gasteiger partial charge >= 0.3 is 0 Å². The summed E-state index contributed by atoms with van der Waals surface area (Å²) in [5.41, 5.74) is 3.49. The third kappa shape index (κ3) is 3.22. The van der Waals surface area contributed by atoms with E-state index in [0.29, 0.717) is 10.6 Å². The zero-order chi connectivity index (χ0) is 14.7. The Morgan fingerprint density at radius 3 is 2.65 bits per heavy atom. The first-order chi connectivity index (χ1) is 9.47. The van der Waals surface area contributed by atoms with Gasteiger partial charge in [0.1, 0.15) is 0 Å². The summed E-state index contributed by atoms with van der Waals surface area (Å²) in [6.45, 7) is 3.94. The third-order valence-corrected chi connectivity index (χ3v) is 3.24. The molecule has 2 aromatic carbocycles. The van der Waals surface area contributed by atoms with Gasteiger partial charge in [-0.05, 0) is 37.1 Å². The minimum Gasteiger partial charge on any atom is -0.258 e. The van der Waals surface area contributed by atoms with Gasteiger partial charge in [0.05, 0.1) is 10.6 Å². The molecule has 0 unspecified atom stereocenters. The SMILES string of the molecule is Cc1ccc(C)c(N=Cc2cc([N+](=O)[O-])ccc2Cl)c1. The molecule has 0 aliphatic carbocycles. The molecule has 2 rings (SSSR count). The molecule has 0 aromatic heterocycles. The molecule has 102 valence electrons. The van der Waals surface area contributed by atoms with E-state index in [4.69, 9.17) is 11.6 Å². The number of nitrogens with zero attached hydrogens (tertiary/aromatic N) is 2. The lowest BCUT2D eigenvalue weighted by Gasteiger charge is -2.02. The summed E-state index contributed by atoms with van der Waals surface area (Å²) in [6.07, 6.45) is 1.55. The van der Waals surface area contributed by atoms with Crippen LogP contribution in [0.2, 0.25) is 5.02 Å². The number of halogens is 1. The molecule has 0 heterocycles. The molecule has 0 saturated carbocycles. The van der Waals surface area contributed by atoms with Gasteiger partial charge < -0.3 is 0 Å². The molecule has 0 atom stereocenters. The number of nitro groups is 1. The minimum atomic E-state index is -0.453. The zero-order valence-corrected chi connectivity index (χ0v) is 11.9. The third-order valence-electron chi connectivity index (χ3n) is 2.90. The number of rotatable bonds is 3. The maximum absolute atomic E-state index is 10.8. The van der Waals surface area contributed by atoms with Crippen molar-refractivity contribution >= 4 is 29.2 Å². The lowest BCUT2D eigenvalue weighted by molar-refractivity contribution is -0.384. The molecule has 0 aliphatic heterocycles. The highest BCUT2D eigenvalue weighted by Gasteiger charge is 2.08. The standard InChI is InChI=1S/C15H13ClN2O2/c1-10-3-4-11(2)15(7-10)17-9-12-8-13(18(19)20)5-6-14(12)16/h3-9H,1-2H3. The molecular formula is C15H13ClN2O2. The molecule has 5 heteroatoms. The molecule has 0 N–H and O–H groups in total. The Morgan fingerprint density at radius 1 is 1.20 bits per heavy atom. The average molecular weight is 289 g/mol. The fraction of sp³-hybridized carbons (Fsp3) is 0.133. The van der Waals surface area contributed by atoms with E-state index in [9.17, 15) is 10.1 Å². The molecular weight excluding hydrogens is 276 g/mol. The first-order valence-corrected chi connectivity index (χ1v) is 6.40. The van der Waals surface area contributed by atoms with Crippen LogP contribution < -0.4 is 0 Å². The second-order valence-corrected chi connectivity index (χ2v) is 4.92. The lowest BCUT2D eigenvalue weighted by Crippen LogP contribution is -1.91. The van der Waals surface area contributed by atoms with Crippen molar-refractivity contribution in [2.24, 2.45) is 4.99 Å². The largest absolute Gasteiger partial charge is 0.270 e. The van der Waals surface area contributed by atoms with Crippen molar-refractivity contribution in [1.82, 2.24) is 0 Å². The van der Waals surface area contributed by atoms with E-state index in [1.165, 1.54) is 18.2 Å². The quantitative estimate of drug-likeness (QED) is 0.470. The van der Waals surface area contributed by atoms with Gasteiger partial charge in [0.2, 0.25) is 0 Å². The fourth-order valence-corrected chi connectivity index (χ4v) is 1.91. The average Bonchev–Trinajstić information content (AvgIpc) is 2.41. The highest BCUT2D eigenvalue weighted by Crippen LogP contribution is 2.23. The van der Waals surface area contributed by atoms with Crippen LogP contribution in [0.1, 0.15) is 16.7 Å². The smallest absolute Gasteiger partial charge is 0.258 e. The molecule has 0 saturated heterocycles. The van der Waals surface area contributed by atoms with Crippen LogP contribution in [0, 0.1) is 24.0 Å². The van der Waals surface area contributed by atoms with E-state index >= 15 is 0 Å². The van der Waals surface area contributed by atoms with Crippen molar-refractivity contribution in [1.29, 1.82) is 0 Å². The first kappa shape index (κ1) is 14.2. The summed E-state index contributed by atoms with van der Waals surface area (Å²) in [5.74, 6) is 0. The van der Waals surface area contributed by atoms with E-state index in [1.807, 2.05) is 32.0 Å². The molecule has 4 nitrogen and oxygen atoms in total. The fourth-order valence-electron chi connectivity index (χ4n) is 1.74.